The molecule has 78 valence electrons. The average Bonchev–Trinajstić information content (AvgIpc) is 2.67. The van der Waals surface area contributed by atoms with Gasteiger partial charge in [-0.1, -0.05) is 5.92 Å². The van der Waals surface area contributed by atoms with E-state index in [1.807, 2.05) is 6.92 Å². The maximum Gasteiger partial charge on any atom is 0.384 e. The molecule has 1 aliphatic rings. The van der Waals surface area contributed by atoms with Crippen LogP contribution in [0.5, 0.6) is 0 Å². The van der Waals surface area contributed by atoms with E-state index in [0.717, 1.165) is 19.4 Å². The summed E-state index contributed by atoms with van der Waals surface area (Å²) in [5.74, 6) is 4.99. The second-order valence-electron chi connectivity index (χ2n) is 3.33. The first-order valence-corrected chi connectivity index (χ1v) is 5.04. The van der Waals surface area contributed by atoms with E-state index in [0.29, 0.717) is 6.61 Å². The summed E-state index contributed by atoms with van der Waals surface area (Å²) >= 11 is 0. The summed E-state index contributed by atoms with van der Waals surface area (Å²) in [6, 6.07) is 0. The Balaban J connectivity index is 2.37. The van der Waals surface area contributed by atoms with Gasteiger partial charge < -0.3 is 9.47 Å². The Morgan fingerprint density at radius 3 is 3.07 bits per heavy atom. The van der Waals surface area contributed by atoms with Gasteiger partial charge in [-0.25, -0.2) is 4.79 Å². The molecule has 1 aliphatic heterocycles. The minimum Gasteiger partial charge on any atom is -0.456 e. The number of hydrogen-bond donors (Lipinski definition) is 0. The van der Waals surface area contributed by atoms with Gasteiger partial charge in [-0.05, 0) is 26.7 Å². The van der Waals surface area contributed by atoms with Crippen LogP contribution in [0.15, 0.2) is 0 Å². The van der Waals surface area contributed by atoms with Crippen molar-refractivity contribution in [1.82, 2.24) is 0 Å². The van der Waals surface area contributed by atoms with Crippen LogP contribution in [-0.4, -0.2) is 25.3 Å². The van der Waals surface area contributed by atoms with Gasteiger partial charge in [0, 0.05) is 18.4 Å². The van der Waals surface area contributed by atoms with E-state index in [-0.39, 0.29) is 12.0 Å². The van der Waals surface area contributed by atoms with E-state index < -0.39 is 5.97 Å². The van der Waals surface area contributed by atoms with E-state index in [9.17, 15) is 4.79 Å². The third-order valence-corrected chi connectivity index (χ3v) is 2.20. The number of rotatable bonds is 2. The average molecular weight is 196 g/mol. The number of ether oxygens (including phenoxy) is 2. The highest BCUT2D eigenvalue weighted by atomic mass is 16.5. The molecule has 0 radical (unpaired) electrons. The van der Waals surface area contributed by atoms with E-state index in [2.05, 4.69) is 11.8 Å². The quantitative estimate of drug-likeness (QED) is 0.380. The molecule has 0 amide bonds. The number of carbonyl (C=O) groups excluding carboxylic acids is 1. The zero-order chi connectivity index (χ0) is 10.4. The lowest BCUT2D eigenvalue weighted by Crippen LogP contribution is -2.15. The molecule has 3 heteroatoms. The number of esters is 1. The molecule has 0 aromatic heterocycles. The monoisotopic (exact) mass is 196 g/mol. The molecule has 0 saturated carbocycles. The molecule has 0 aliphatic carbocycles. The van der Waals surface area contributed by atoms with Gasteiger partial charge in [-0.2, -0.15) is 0 Å². The van der Waals surface area contributed by atoms with Gasteiger partial charge in [0.1, 0.15) is 0 Å². The second-order valence-corrected chi connectivity index (χ2v) is 3.33. The van der Waals surface area contributed by atoms with Gasteiger partial charge in [-0.3, -0.25) is 0 Å². The van der Waals surface area contributed by atoms with Crippen molar-refractivity contribution in [3.8, 4) is 11.8 Å². The number of hydrogen-bond acceptors (Lipinski definition) is 3. The molecule has 1 fully saturated rings. The van der Waals surface area contributed by atoms with Gasteiger partial charge in [0.25, 0.3) is 0 Å². The highest BCUT2D eigenvalue weighted by Gasteiger charge is 2.20. The van der Waals surface area contributed by atoms with Gasteiger partial charge >= 0.3 is 5.97 Å². The lowest BCUT2D eigenvalue weighted by Gasteiger charge is -2.11. The normalized spacial score (nSPS) is 22.3. The SMILES string of the molecule is CCOC(=O)C#CC(C)C1CCCO1. The largest absolute Gasteiger partial charge is 0.456 e. The van der Waals surface area contributed by atoms with Crippen molar-refractivity contribution >= 4 is 5.97 Å². The highest BCUT2D eigenvalue weighted by molar-refractivity contribution is 5.88. The van der Waals surface area contributed by atoms with Crippen LogP contribution in [0.3, 0.4) is 0 Å². The molecule has 14 heavy (non-hydrogen) atoms. The van der Waals surface area contributed by atoms with Gasteiger partial charge in [-0.15, -0.1) is 0 Å². The smallest absolute Gasteiger partial charge is 0.384 e. The standard InChI is InChI=1S/C11H16O3/c1-3-13-11(12)7-6-9(2)10-5-4-8-14-10/h9-10H,3-5,8H2,1-2H3. The minimum atomic E-state index is -0.447. The third kappa shape index (κ3) is 3.39. The van der Waals surface area contributed by atoms with Crippen molar-refractivity contribution in [3.63, 3.8) is 0 Å². The highest BCUT2D eigenvalue weighted by Crippen LogP contribution is 2.19. The predicted octanol–water partition coefficient (Wildman–Crippen LogP) is 1.37. The van der Waals surface area contributed by atoms with E-state index >= 15 is 0 Å². The van der Waals surface area contributed by atoms with Crippen molar-refractivity contribution in [3.05, 3.63) is 0 Å². The molecule has 0 N–H and O–H groups in total. The Hall–Kier alpha value is -1.01. The first-order chi connectivity index (χ1) is 6.74. The molecule has 0 aromatic carbocycles. The molecular weight excluding hydrogens is 180 g/mol. The summed E-state index contributed by atoms with van der Waals surface area (Å²) in [5.41, 5.74) is 0. The maximum atomic E-state index is 10.9. The summed E-state index contributed by atoms with van der Waals surface area (Å²) in [7, 11) is 0. The van der Waals surface area contributed by atoms with Gasteiger partial charge in [0.15, 0.2) is 0 Å². The summed E-state index contributed by atoms with van der Waals surface area (Å²) in [6.45, 7) is 4.93. The Morgan fingerprint density at radius 1 is 1.71 bits per heavy atom. The molecule has 1 saturated heterocycles. The first-order valence-electron chi connectivity index (χ1n) is 5.04. The van der Waals surface area contributed by atoms with Crippen molar-refractivity contribution in [2.75, 3.05) is 13.2 Å². The maximum absolute atomic E-state index is 10.9. The van der Waals surface area contributed by atoms with Crippen molar-refractivity contribution in [2.24, 2.45) is 5.92 Å². The Labute approximate surface area is 84.8 Å². The fraction of sp³-hybridized carbons (Fsp3) is 0.727. The molecule has 3 nitrogen and oxygen atoms in total. The molecule has 0 aromatic rings. The van der Waals surface area contributed by atoms with E-state index in [4.69, 9.17) is 9.47 Å². The zero-order valence-electron chi connectivity index (χ0n) is 8.71. The Bertz CT molecular complexity index is 243. The molecule has 1 heterocycles. The molecule has 0 spiro atoms. The fourth-order valence-corrected chi connectivity index (χ4v) is 1.43. The second kappa shape index (κ2) is 5.66. The summed E-state index contributed by atoms with van der Waals surface area (Å²) in [4.78, 5) is 10.9. The van der Waals surface area contributed by atoms with Crippen LogP contribution >= 0.6 is 0 Å². The molecule has 2 atom stereocenters. The van der Waals surface area contributed by atoms with Crippen LogP contribution in [-0.2, 0) is 14.3 Å². The summed E-state index contributed by atoms with van der Waals surface area (Å²) < 4.78 is 10.2. The van der Waals surface area contributed by atoms with Crippen LogP contribution in [0.1, 0.15) is 26.7 Å². The predicted molar refractivity (Wildman–Crippen MR) is 52.5 cm³/mol. The topological polar surface area (TPSA) is 35.5 Å². The van der Waals surface area contributed by atoms with E-state index in [1.54, 1.807) is 6.92 Å². The molecule has 0 bridgehead atoms. The minimum absolute atomic E-state index is 0.113. The van der Waals surface area contributed by atoms with E-state index in [1.165, 1.54) is 0 Å². The first kappa shape index (κ1) is 11.1. The Morgan fingerprint density at radius 2 is 2.50 bits per heavy atom. The van der Waals surface area contributed by atoms with Crippen molar-refractivity contribution in [2.45, 2.75) is 32.8 Å². The lowest BCUT2D eigenvalue weighted by atomic mass is 10.0. The molecule has 2 unspecified atom stereocenters. The van der Waals surface area contributed by atoms with Crippen LogP contribution in [0.4, 0.5) is 0 Å². The van der Waals surface area contributed by atoms with Crippen LogP contribution in [0.2, 0.25) is 0 Å². The molecular formula is C11H16O3. The molecule has 1 rings (SSSR count). The lowest BCUT2D eigenvalue weighted by molar-refractivity contribution is -0.136. The summed E-state index contributed by atoms with van der Waals surface area (Å²) in [6.07, 6.45) is 2.33. The summed E-state index contributed by atoms with van der Waals surface area (Å²) in [5, 5.41) is 0. The van der Waals surface area contributed by atoms with Crippen LogP contribution in [0.25, 0.3) is 0 Å². The number of carbonyl (C=O) groups is 1. The third-order valence-electron chi connectivity index (χ3n) is 2.20. The van der Waals surface area contributed by atoms with Crippen molar-refractivity contribution in [1.29, 1.82) is 0 Å². The zero-order valence-corrected chi connectivity index (χ0v) is 8.71. The van der Waals surface area contributed by atoms with Gasteiger partial charge in [0.05, 0.1) is 12.7 Å². The van der Waals surface area contributed by atoms with Gasteiger partial charge in [0.2, 0.25) is 0 Å². The Kier molecular flexibility index (Phi) is 4.48. The van der Waals surface area contributed by atoms with Crippen LogP contribution < -0.4 is 0 Å². The van der Waals surface area contributed by atoms with Crippen molar-refractivity contribution < 1.29 is 14.3 Å². The van der Waals surface area contributed by atoms with Crippen LogP contribution in [0, 0.1) is 17.8 Å². The fourth-order valence-electron chi connectivity index (χ4n) is 1.43.